The van der Waals surface area contributed by atoms with Crippen molar-refractivity contribution in [3.63, 3.8) is 0 Å². The minimum absolute atomic E-state index is 0.0457. The van der Waals surface area contributed by atoms with E-state index < -0.39 is 0 Å². The van der Waals surface area contributed by atoms with Gasteiger partial charge in [0, 0.05) is 31.2 Å². The van der Waals surface area contributed by atoms with Gasteiger partial charge in [0.1, 0.15) is 5.52 Å². The van der Waals surface area contributed by atoms with Gasteiger partial charge in [-0.25, -0.2) is 4.98 Å². The molecule has 0 fully saturated rings. The second-order valence-electron chi connectivity index (χ2n) is 6.74. The number of rotatable bonds is 8. The smallest absolute Gasteiger partial charge is 0.160 e. The third-order valence-electron chi connectivity index (χ3n) is 4.35. The van der Waals surface area contributed by atoms with E-state index in [4.69, 9.17) is 23.2 Å². The lowest BCUT2D eigenvalue weighted by atomic mass is 10.1. The number of halogens is 2. The summed E-state index contributed by atoms with van der Waals surface area (Å²) in [6.07, 6.45) is 5.49. The lowest BCUT2D eigenvalue weighted by Crippen LogP contribution is -2.18. The van der Waals surface area contributed by atoms with Crippen LogP contribution in [-0.4, -0.2) is 37.0 Å². The topological polar surface area (TPSA) is 67.1 Å². The van der Waals surface area contributed by atoms with E-state index in [1.807, 2.05) is 30.1 Å². The highest BCUT2D eigenvalue weighted by molar-refractivity contribution is 6.39. The molecule has 1 aromatic carbocycles. The van der Waals surface area contributed by atoms with Crippen LogP contribution in [0.25, 0.3) is 10.9 Å². The van der Waals surface area contributed by atoms with Crippen LogP contribution in [0.15, 0.2) is 24.4 Å². The molecule has 0 aliphatic carbocycles. The van der Waals surface area contributed by atoms with Crippen molar-refractivity contribution in [1.29, 1.82) is 0 Å². The molecule has 2 heterocycles. The Kier molecular flexibility index (Phi) is 6.52. The van der Waals surface area contributed by atoms with Gasteiger partial charge in [-0.15, -0.1) is 5.10 Å². The van der Waals surface area contributed by atoms with Crippen molar-refractivity contribution < 1.29 is 5.11 Å². The van der Waals surface area contributed by atoms with Crippen molar-refractivity contribution in [1.82, 2.24) is 24.9 Å². The quantitative estimate of drug-likeness (QED) is 0.550. The van der Waals surface area contributed by atoms with Gasteiger partial charge in [-0.2, -0.15) is 0 Å². The number of phenols is 1. The van der Waals surface area contributed by atoms with Gasteiger partial charge in [-0.05, 0) is 31.7 Å². The first-order chi connectivity index (χ1) is 13.0. The number of nitrogens with zero attached hydrogens (tertiary/aromatic N) is 5. The van der Waals surface area contributed by atoms with Crippen LogP contribution >= 0.6 is 23.2 Å². The lowest BCUT2D eigenvalue weighted by molar-refractivity contribution is 0.311. The number of pyridine rings is 1. The van der Waals surface area contributed by atoms with Crippen LogP contribution in [0, 0.1) is 0 Å². The second-order valence-corrected chi connectivity index (χ2v) is 7.55. The molecule has 0 aliphatic rings. The summed E-state index contributed by atoms with van der Waals surface area (Å²) in [6, 6.07) is 5.28. The number of aryl methyl sites for hydroxylation is 1. The zero-order valence-electron chi connectivity index (χ0n) is 15.5. The summed E-state index contributed by atoms with van der Waals surface area (Å²) in [7, 11) is 1.99. The molecule has 0 bridgehead atoms. The van der Waals surface area contributed by atoms with Crippen molar-refractivity contribution in [3.8, 4) is 5.75 Å². The second kappa shape index (κ2) is 8.87. The van der Waals surface area contributed by atoms with Gasteiger partial charge < -0.3 is 5.11 Å². The number of aromatic nitrogens is 4. The Morgan fingerprint density at radius 2 is 1.89 bits per heavy atom. The number of fused-ring (bicyclic) bond motifs is 1. The first-order valence-corrected chi connectivity index (χ1v) is 9.77. The summed E-state index contributed by atoms with van der Waals surface area (Å²) in [5, 5.41) is 20.0. The van der Waals surface area contributed by atoms with Crippen LogP contribution in [0.5, 0.6) is 5.75 Å². The summed E-state index contributed by atoms with van der Waals surface area (Å²) in [6.45, 7) is 4.35. The van der Waals surface area contributed by atoms with Crippen LogP contribution in [0.1, 0.15) is 37.6 Å². The van der Waals surface area contributed by atoms with Gasteiger partial charge >= 0.3 is 0 Å². The van der Waals surface area contributed by atoms with Crippen molar-refractivity contribution in [2.45, 2.75) is 45.8 Å². The largest absolute Gasteiger partial charge is 0.504 e. The highest BCUT2D eigenvalue weighted by Gasteiger charge is 2.13. The summed E-state index contributed by atoms with van der Waals surface area (Å²) < 4.78 is 1.90. The number of unbranched alkanes of at least 4 members (excludes halogenated alkanes) is 2. The minimum Gasteiger partial charge on any atom is -0.504 e. The third-order valence-corrected chi connectivity index (χ3v) is 4.96. The zero-order chi connectivity index (χ0) is 19.4. The average molecular weight is 407 g/mol. The minimum atomic E-state index is -0.0457. The maximum absolute atomic E-state index is 10.2. The van der Waals surface area contributed by atoms with Crippen LogP contribution in [0.3, 0.4) is 0 Å². The summed E-state index contributed by atoms with van der Waals surface area (Å²) >= 11 is 12.2. The zero-order valence-corrected chi connectivity index (χ0v) is 17.0. The van der Waals surface area contributed by atoms with Gasteiger partial charge in [0.25, 0.3) is 0 Å². The van der Waals surface area contributed by atoms with Gasteiger partial charge in [0.2, 0.25) is 0 Å². The van der Waals surface area contributed by atoms with Crippen molar-refractivity contribution in [3.05, 3.63) is 45.8 Å². The van der Waals surface area contributed by atoms with Crippen LogP contribution in [0.4, 0.5) is 0 Å². The molecule has 0 aliphatic heterocycles. The average Bonchev–Trinajstić information content (AvgIpc) is 3.07. The number of phenolic OH excluding ortho intramolecular Hbond substituents is 1. The number of benzene rings is 1. The Hall–Kier alpha value is -1.89. The molecule has 2 aromatic heterocycles. The molecule has 144 valence electrons. The number of hydrogen-bond donors (Lipinski definition) is 1. The highest BCUT2D eigenvalue weighted by atomic mass is 35.5. The first kappa shape index (κ1) is 19.9. The Morgan fingerprint density at radius 3 is 2.67 bits per heavy atom. The molecule has 0 atom stereocenters. The fourth-order valence-corrected chi connectivity index (χ4v) is 3.50. The molecule has 0 saturated heterocycles. The molecule has 3 aromatic rings. The van der Waals surface area contributed by atoms with Gasteiger partial charge in [-0.1, -0.05) is 48.2 Å². The molecule has 1 N–H and O–H groups in total. The molecule has 27 heavy (non-hydrogen) atoms. The monoisotopic (exact) mass is 406 g/mol. The lowest BCUT2D eigenvalue weighted by Gasteiger charge is -2.15. The van der Waals surface area contributed by atoms with Crippen molar-refractivity contribution >= 4 is 34.1 Å². The molecule has 0 saturated carbocycles. The SMILES string of the molecule is CCCCCn1cc(CN([11CH3])Cc2ccc3c(Cl)cc(Cl)c(O)c3n2)nn1. The fraction of sp³-hybridized carbons (Fsp3) is 0.421. The van der Waals surface area contributed by atoms with E-state index in [2.05, 4.69) is 27.1 Å². The highest BCUT2D eigenvalue weighted by Crippen LogP contribution is 2.36. The molecule has 0 unspecified atom stereocenters. The summed E-state index contributed by atoms with van der Waals surface area (Å²) in [4.78, 5) is 6.63. The first-order valence-electron chi connectivity index (χ1n) is 9.02. The van der Waals surface area contributed by atoms with E-state index in [0.29, 0.717) is 29.0 Å². The van der Waals surface area contributed by atoms with E-state index >= 15 is 0 Å². The van der Waals surface area contributed by atoms with Gasteiger partial charge in [0.05, 0.1) is 21.4 Å². The van der Waals surface area contributed by atoms with E-state index in [9.17, 15) is 5.11 Å². The molecule has 3 rings (SSSR count). The maximum atomic E-state index is 10.2. The van der Waals surface area contributed by atoms with Crippen molar-refractivity contribution in [2.24, 2.45) is 0 Å². The molecular formula is C19H23Cl2N5O. The Bertz CT molecular complexity index is 928. The maximum Gasteiger partial charge on any atom is 0.160 e. The molecule has 0 spiro atoms. The van der Waals surface area contributed by atoms with Gasteiger partial charge in [0.15, 0.2) is 5.75 Å². The van der Waals surface area contributed by atoms with Gasteiger partial charge in [-0.3, -0.25) is 9.58 Å². The predicted molar refractivity (Wildman–Crippen MR) is 108 cm³/mol. The van der Waals surface area contributed by atoms with Crippen LogP contribution in [0.2, 0.25) is 10.0 Å². The van der Waals surface area contributed by atoms with Crippen LogP contribution < -0.4 is 0 Å². The Labute approximate surface area is 168 Å². The third kappa shape index (κ3) is 4.89. The normalized spacial score (nSPS) is 11.6. The van der Waals surface area contributed by atoms with E-state index in [1.165, 1.54) is 18.9 Å². The standard InChI is InChI=1S/C19H23Cl2N5O/c1-3-4-5-8-26-12-14(23-24-26)11-25(2)10-13-6-7-15-16(20)9-17(21)19(27)18(15)22-13/h6-7,9,12,27H,3-5,8,10-11H2,1-2H3/i2-1. The number of hydrogen-bond acceptors (Lipinski definition) is 5. The molecule has 6 nitrogen and oxygen atoms in total. The van der Waals surface area contributed by atoms with Crippen LogP contribution in [-0.2, 0) is 19.6 Å². The van der Waals surface area contributed by atoms with Crippen molar-refractivity contribution in [2.75, 3.05) is 7.05 Å². The molecule has 8 heteroatoms. The summed E-state index contributed by atoms with van der Waals surface area (Å²) in [5.74, 6) is -0.0457. The number of aromatic hydroxyl groups is 1. The summed E-state index contributed by atoms with van der Waals surface area (Å²) in [5.41, 5.74) is 2.15. The van der Waals surface area contributed by atoms with E-state index in [1.54, 1.807) is 0 Å². The predicted octanol–water partition coefficient (Wildman–Crippen LogP) is 4.66. The Morgan fingerprint density at radius 1 is 1.11 bits per heavy atom. The van der Waals surface area contributed by atoms with E-state index in [-0.39, 0.29) is 10.8 Å². The molecule has 0 amide bonds. The van der Waals surface area contributed by atoms with E-state index in [0.717, 1.165) is 24.4 Å². The Balaban J connectivity index is 1.67. The molecule has 0 radical (unpaired) electrons. The molecular weight excluding hydrogens is 384 g/mol. The fourth-order valence-electron chi connectivity index (χ4n) is 2.98.